The predicted octanol–water partition coefficient (Wildman–Crippen LogP) is 2.04. The average molecular weight is 176 g/mol. The predicted molar refractivity (Wildman–Crippen MR) is 41.9 cm³/mol. The molecule has 3 nitrogen and oxygen atoms in total. The second-order valence-corrected chi connectivity index (χ2v) is 3.12. The van der Waals surface area contributed by atoms with Gasteiger partial charge in [-0.3, -0.25) is 0 Å². The third-order valence-electron chi connectivity index (χ3n) is 1.19. The third kappa shape index (κ3) is 1.96. The molecule has 62 valence electrons. The summed E-state index contributed by atoms with van der Waals surface area (Å²) < 4.78 is 17.5. The maximum atomic E-state index is 12.5. The van der Waals surface area contributed by atoms with Crippen LogP contribution in [0, 0.1) is 0 Å². The van der Waals surface area contributed by atoms with Gasteiger partial charge in [-0.15, -0.1) is 10.2 Å². The summed E-state index contributed by atoms with van der Waals surface area (Å²) in [5.74, 6) is -0.598. The van der Waals surface area contributed by atoms with Gasteiger partial charge in [0.25, 0.3) is 5.89 Å². The van der Waals surface area contributed by atoms with Gasteiger partial charge < -0.3 is 4.42 Å². The van der Waals surface area contributed by atoms with E-state index in [9.17, 15) is 4.39 Å². The van der Waals surface area contributed by atoms with Crippen LogP contribution in [-0.2, 0) is 0 Å². The topological polar surface area (TPSA) is 38.9 Å². The van der Waals surface area contributed by atoms with Crippen LogP contribution in [0.5, 0.6) is 0 Å². The number of halogens is 1. The lowest BCUT2D eigenvalue weighted by molar-refractivity contribution is 0.349. The number of hydrogen-bond acceptors (Lipinski definition) is 3. The van der Waals surface area contributed by atoms with Gasteiger partial charge in [-0.05, 0) is 0 Å². The van der Waals surface area contributed by atoms with E-state index in [2.05, 4.69) is 10.2 Å². The minimum atomic E-state index is -1.25. The zero-order valence-corrected chi connectivity index (χ0v) is 7.57. The maximum absolute atomic E-state index is 12.5. The Hall–Kier alpha value is -0.500. The van der Waals surface area contributed by atoms with Gasteiger partial charge in [0.15, 0.2) is 5.91 Å². The van der Waals surface area contributed by atoms with Crippen LogP contribution in [-0.4, -0.2) is 10.2 Å². The quantitative estimate of drug-likeness (QED) is 0.647. The van der Waals surface area contributed by atoms with Gasteiger partial charge in [-0.25, -0.2) is 4.39 Å². The SMILES string of the molecule is CC(C)c1nnc(C(F)P)o1. The molecule has 1 aromatic rings. The number of hydrogen-bond donors (Lipinski definition) is 0. The normalized spacial score (nSPS) is 13.9. The number of alkyl halides is 1. The Morgan fingerprint density at radius 2 is 1.91 bits per heavy atom. The van der Waals surface area contributed by atoms with Crippen molar-refractivity contribution in [3.05, 3.63) is 11.8 Å². The Bertz CT molecular complexity index is 214. The second-order valence-electron chi connectivity index (χ2n) is 2.54. The van der Waals surface area contributed by atoms with Crippen LogP contribution < -0.4 is 0 Å². The first-order valence-corrected chi connectivity index (χ1v) is 4.01. The van der Waals surface area contributed by atoms with E-state index in [1.165, 1.54) is 0 Å². The highest BCUT2D eigenvalue weighted by Crippen LogP contribution is 2.24. The van der Waals surface area contributed by atoms with Gasteiger partial charge in [-0.1, -0.05) is 23.1 Å². The van der Waals surface area contributed by atoms with Crippen molar-refractivity contribution in [3.8, 4) is 0 Å². The highest BCUT2D eigenvalue weighted by molar-refractivity contribution is 7.16. The molecular weight excluding hydrogens is 166 g/mol. The summed E-state index contributed by atoms with van der Waals surface area (Å²) in [5, 5.41) is 7.19. The van der Waals surface area contributed by atoms with Crippen LogP contribution in [0.2, 0.25) is 0 Å². The lowest BCUT2D eigenvalue weighted by Gasteiger charge is -1.94. The zero-order valence-electron chi connectivity index (χ0n) is 6.41. The van der Waals surface area contributed by atoms with E-state index in [-0.39, 0.29) is 11.8 Å². The van der Waals surface area contributed by atoms with E-state index in [1.54, 1.807) is 0 Å². The smallest absolute Gasteiger partial charge is 0.254 e. The van der Waals surface area contributed by atoms with Crippen LogP contribution in [0.1, 0.15) is 37.5 Å². The van der Waals surface area contributed by atoms with Crippen molar-refractivity contribution in [1.82, 2.24) is 10.2 Å². The molecule has 0 saturated heterocycles. The van der Waals surface area contributed by atoms with Gasteiger partial charge >= 0.3 is 0 Å². The fraction of sp³-hybridized carbons (Fsp3) is 0.667. The molecule has 0 amide bonds. The Balaban J connectivity index is 2.82. The van der Waals surface area contributed by atoms with Crippen LogP contribution >= 0.6 is 9.24 Å². The summed E-state index contributed by atoms with van der Waals surface area (Å²) in [7, 11) is 1.95. The average Bonchev–Trinajstić information content (AvgIpc) is 2.33. The van der Waals surface area contributed by atoms with Gasteiger partial charge in [0.1, 0.15) is 0 Å². The van der Waals surface area contributed by atoms with Crippen molar-refractivity contribution in [2.24, 2.45) is 0 Å². The van der Waals surface area contributed by atoms with Crippen molar-refractivity contribution in [3.63, 3.8) is 0 Å². The van der Waals surface area contributed by atoms with Crippen molar-refractivity contribution in [2.45, 2.75) is 25.7 Å². The fourth-order valence-corrected chi connectivity index (χ4v) is 0.726. The molecule has 0 fully saturated rings. The van der Waals surface area contributed by atoms with E-state index >= 15 is 0 Å². The molecule has 0 aliphatic heterocycles. The van der Waals surface area contributed by atoms with E-state index < -0.39 is 5.91 Å². The van der Waals surface area contributed by atoms with Gasteiger partial charge in [0, 0.05) is 5.92 Å². The molecule has 11 heavy (non-hydrogen) atoms. The monoisotopic (exact) mass is 176 g/mol. The van der Waals surface area contributed by atoms with Crippen molar-refractivity contribution in [2.75, 3.05) is 0 Å². The molecule has 1 rings (SSSR count). The minimum absolute atomic E-state index is 0.0266. The molecule has 2 unspecified atom stereocenters. The van der Waals surface area contributed by atoms with E-state index in [4.69, 9.17) is 4.42 Å². The molecule has 0 aromatic carbocycles. The van der Waals surface area contributed by atoms with E-state index in [0.717, 1.165) is 0 Å². The molecule has 0 aliphatic carbocycles. The van der Waals surface area contributed by atoms with Gasteiger partial charge in [0.05, 0.1) is 0 Å². The van der Waals surface area contributed by atoms with Crippen molar-refractivity contribution < 1.29 is 8.81 Å². The molecule has 0 N–H and O–H groups in total. The summed E-state index contributed by atoms with van der Waals surface area (Å²) in [4.78, 5) is 0. The minimum Gasteiger partial charge on any atom is -0.421 e. The molecule has 0 saturated carbocycles. The standard InChI is InChI=1S/C6H10FN2OP/c1-3(2)5-8-9-6(10-5)4(7)11/h3-4H,11H2,1-2H3. The van der Waals surface area contributed by atoms with E-state index in [1.807, 2.05) is 23.1 Å². The first-order chi connectivity index (χ1) is 5.11. The van der Waals surface area contributed by atoms with Crippen LogP contribution in [0.4, 0.5) is 4.39 Å². The highest BCUT2D eigenvalue weighted by atomic mass is 31.0. The number of nitrogens with zero attached hydrogens (tertiary/aromatic N) is 2. The molecule has 1 heterocycles. The molecule has 2 atom stereocenters. The Morgan fingerprint density at radius 3 is 2.18 bits per heavy atom. The van der Waals surface area contributed by atoms with Crippen molar-refractivity contribution >= 4 is 9.24 Å². The third-order valence-corrected chi connectivity index (χ3v) is 1.47. The first kappa shape index (κ1) is 8.60. The molecule has 0 bridgehead atoms. The second kappa shape index (κ2) is 3.26. The zero-order chi connectivity index (χ0) is 8.43. The fourth-order valence-electron chi connectivity index (χ4n) is 0.591. The molecular formula is C6H10FN2OP. The Kier molecular flexibility index (Phi) is 2.55. The van der Waals surface area contributed by atoms with Gasteiger partial charge in [-0.2, -0.15) is 0 Å². The maximum Gasteiger partial charge on any atom is 0.254 e. The Morgan fingerprint density at radius 1 is 1.36 bits per heavy atom. The summed E-state index contributed by atoms with van der Waals surface area (Å²) >= 11 is 0. The summed E-state index contributed by atoms with van der Waals surface area (Å²) in [6, 6.07) is 0. The molecule has 0 spiro atoms. The van der Waals surface area contributed by atoms with E-state index in [0.29, 0.717) is 5.89 Å². The highest BCUT2D eigenvalue weighted by Gasteiger charge is 2.13. The molecule has 5 heteroatoms. The van der Waals surface area contributed by atoms with Gasteiger partial charge in [0.2, 0.25) is 5.89 Å². The Labute approximate surface area is 66.6 Å². The molecule has 1 aromatic heterocycles. The lowest BCUT2D eigenvalue weighted by atomic mass is 10.2. The lowest BCUT2D eigenvalue weighted by Crippen LogP contribution is -1.85. The first-order valence-electron chi connectivity index (χ1n) is 3.34. The largest absolute Gasteiger partial charge is 0.421 e. The molecule has 0 radical (unpaired) electrons. The number of rotatable bonds is 2. The molecule has 0 aliphatic rings. The number of aromatic nitrogens is 2. The van der Waals surface area contributed by atoms with Crippen molar-refractivity contribution in [1.29, 1.82) is 0 Å². The summed E-state index contributed by atoms with van der Waals surface area (Å²) in [6.07, 6.45) is 0. The summed E-state index contributed by atoms with van der Waals surface area (Å²) in [6.45, 7) is 3.82. The van der Waals surface area contributed by atoms with Crippen LogP contribution in [0.3, 0.4) is 0 Å². The van der Waals surface area contributed by atoms with Crippen LogP contribution in [0.15, 0.2) is 4.42 Å². The summed E-state index contributed by atoms with van der Waals surface area (Å²) in [5.41, 5.74) is 0. The van der Waals surface area contributed by atoms with Crippen LogP contribution in [0.25, 0.3) is 0 Å².